The van der Waals surface area contributed by atoms with Gasteiger partial charge in [0, 0.05) is 45.7 Å². The predicted octanol–water partition coefficient (Wildman–Crippen LogP) is 2.70. The maximum atomic E-state index is 12.5. The Morgan fingerprint density at radius 2 is 1.52 bits per heavy atom. The lowest BCUT2D eigenvalue weighted by molar-refractivity contribution is -0.135. The van der Waals surface area contributed by atoms with Gasteiger partial charge in [0.15, 0.2) is 0 Å². The minimum absolute atomic E-state index is 0.192. The number of carbonyl (C=O) groups excluding carboxylic acids is 2. The van der Waals surface area contributed by atoms with Crippen LogP contribution in [-0.2, 0) is 9.59 Å². The minimum atomic E-state index is 0.192. The second-order valence-electron chi connectivity index (χ2n) is 8.17. The van der Waals surface area contributed by atoms with Crippen molar-refractivity contribution in [1.82, 2.24) is 14.7 Å². The van der Waals surface area contributed by atoms with E-state index in [0.29, 0.717) is 32.7 Å². The zero-order valence-corrected chi connectivity index (χ0v) is 17.8. The third kappa shape index (κ3) is 6.74. The molecule has 2 saturated heterocycles. The van der Waals surface area contributed by atoms with Crippen LogP contribution in [0.3, 0.4) is 0 Å². The summed E-state index contributed by atoms with van der Waals surface area (Å²) in [7, 11) is 0. The van der Waals surface area contributed by atoms with Crippen LogP contribution >= 0.6 is 0 Å². The average Bonchev–Trinajstić information content (AvgIpc) is 3.02. The van der Waals surface area contributed by atoms with E-state index in [1.165, 1.54) is 12.8 Å². The van der Waals surface area contributed by atoms with Crippen LogP contribution in [0.15, 0.2) is 24.3 Å². The molecular weight excluding hydrogens is 366 g/mol. The number of para-hydroxylation sites is 1. The molecule has 0 bridgehead atoms. The van der Waals surface area contributed by atoms with Gasteiger partial charge in [-0.1, -0.05) is 31.0 Å². The monoisotopic (exact) mass is 401 g/mol. The summed E-state index contributed by atoms with van der Waals surface area (Å²) in [5.74, 6) is 1.33. The van der Waals surface area contributed by atoms with Crippen LogP contribution in [0.2, 0.25) is 0 Å². The van der Waals surface area contributed by atoms with Crippen molar-refractivity contribution in [1.29, 1.82) is 0 Å². The van der Waals surface area contributed by atoms with Gasteiger partial charge in [-0.2, -0.15) is 0 Å². The smallest absolute Gasteiger partial charge is 0.236 e. The number of aryl methyl sites for hydroxylation is 1. The lowest BCUT2D eigenvalue weighted by atomic mass is 10.2. The van der Waals surface area contributed by atoms with Gasteiger partial charge >= 0.3 is 0 Å². The highest BCUT2D eigenvalue weighted by atomic mass is 16.5. The number of ether oxygens (including phenoxy) is 1. The van der Waals surface area contributed by atoms with E-state index in [9.17, 15) is 9.59 Å². The van der Waals surface area contributed by atoms with Gasteiger partial charge in [0.2, 0.25) is 11.8 Å². The maximum Gasteiger partial charge on any atom is 0.236 e. The normalized spacial score (nSPS) is 18.4. The van der Waals surface area contributed by atoms with Gasteiger partial charge in [-0.25, -0.2) is 0 Å². The van der Waals surface area contributed by atoms with E-state index in [2.05, 4.69) is 4.90 Å². The molecule has 0 aromatic heterocycles. The van der Waals surface area contributed by atoms with Crippen molar-refractivity contribution < 1.29 is 14.3 Å². The van der Waals surface area contributed by atoms with Crippen LogP contribution in [-0.4, -0.2) is 78.9 Å². The zero-order valence-electron chi connectivity index (χ0n) is 17.8. The van der Waals surface area contributed by atoms with Crippen LogP contribution in [0.25, 0.3) is 0 Å². The molecule has 3 rings (SSSR count). The van der Waals surface area contributed by atoms with E-state index in [-0.39, 0.29) is 11.8 Å². The molecule has 6 nitrogen and oxygen atoms in total. The van der Waals surface area contributed by atoms with Crippen LogP contribution in [0, 0.1) is 6.92 Å². The molecule has 1 aromatic rings. The highest BCUT2D eigenvalue weighted by Gasteiger charge is 2.24. The lowest BCUT2D eigenvalue weighted by Crippen LogP contribution is -2.51. The minimum Gasteiger partial charge on any atom is -0.493 e. The van der Waals surface area contributed by atoms with Gasteiger partial charge < -0.3 is 14.5 Å². The molecule has 2 aliphatic rings. The molecule has 2 fully saturated rings. The summed E-state index contributed by atoms with van der Waals surface area (Å²) in [5.41, 5.74) is 1.12. The van der Waals surface area contributed by atoms with Gasteiger partial charge in [-0.15, -0.1) is 0 Å². The summed E-state index contributed by atoms with van der Waals surface area (Å²) in [6.45, 7) is 7.88. The molecule has 0 unspecified atom stereocenters. The molecule has 0 saturated carbocycles. The van der Waals surface area contributed by atoms with Crippen molar-refractivity contribution >= 4 is 11.8 Å². The van der Waals surface area contributed by atoms with Crippen molar-refractivity contribution in [2.24, 2.45) is 0 Å². The number of likely N-dealkylation sites (tertiary alicyclic amines) is 1. The number of amides is 2. The molecule has 2 aliphatic heterocycles. The number of nitrogens with zero attached hydrogens (tertiary/aromatic N) is 3. The van der Waals surface area contributed by atoms with Crippen molar-refractivity contribution in [3.05, 3.63) is 29.8 Å². The molecule has 0 spiro atoms. The first-order valence-electron chi connectivity index (χ1n) is 11.1. The first kappa shape index (κ1) is 21.6. The molecular formula is C23H35N3O3. The second-order valence-corrected chi connectivity index (χ2v) is 8.17. The Hall–Kier alpha value is -2.08. The van der Waals surface area contributed by atoms with Crippen LogP contribution in [0.4, 0.5) is 0 Å². The summed E-state index contributed by atoms with van der Waals surface area (Å²) in [5, 5.41) is 0. The Bertz CT molecular complexity index is 663. The summed E-state index contributed by atoms with van der Waals surface area (Å²) in [4.78, 5) is 31.2. The summed E-state index contributed by atoms with van der Waals surface area (Å²) in [6, 6.07) is 7.94. The SMILES string of the molecule is Cc1ccccc1OCCCC(=O)N1CCN(CC(=O)N2CCCCCC2)CC1. The highest BCUT2D eigenvalue weighted by molar-refractivity contribution is 5.78. The molecule has 2 heterocycles. The zero-order chi connectivity index (χ0) is 20.5. The molecule has 29 heavy (non-hydrogen) atoms. The third-order valence-corrected chi connectivity index (χ3v) is 5.93. The van der Waals surface area contributed by atoms with Gasteiger partial charge in [0.05, 0.1) is 13.2 Å². The largest absolute Gasteiger partial charge is 0.493 e. The molecule has 0 aliphatic carbocycles. The van der Waals surface area contributed by atoms with Crippen LogP contribution < -0.4 is 4.74 Å². The first-order valence-corrected chi connectivity index (χ1v) is 11.1. The van der Waals surface area contributed by atoms with Gasteiger partial charge in [0.1, 0.15) is 5.75 Å². The fourth-order valence-corrected chi connectivity index (χ4v) is 4.05. The van der Waals surface area contributed by atoms with Crippen molar-refractivity contribution in [3.63, 3.8) is 0 Å². The maximum absolute atomic E-state index is 12.5. The highest BCUT2D eigenvalue weighted by Crippen LogP contribution is 2.16. The Balaban J connectivity index is 1.31. The van der Waals surface area contributed by atoms with E-state index in [1.54, 1.807) is 0 Å². The van der Waals surface area contributed by atoms with Gasteiger partial charge in [-0.3, -0.25) is 14.5 Å². The third-order valence-electron chi connectivity index (χ3n) is 5.93. The summed E-state index contributed by atoms with van der Waals surface area (Å²) in [6.07, 6.45) is 5.96. The molecule has 2 amide bonds. The van der Waals surface area contributed by atoms with Gasteiger partial charge in [-0.05, 0) is 37.8 Å². The van der Waals surface area contributed by atoms with E-state index < -0.39 is 0 Å². The Labute approximate surface area is 174 Å². The van der Waals surface area contributed by atoms with E-state index in [4.69, 9.17) is 4.74 Å². The number of piperazine rings is 1. The Kier molecular flexibility index (Phi) is 8.35. The molecule has 160 valence electrons. The molecule has 6 heteroatoms. The molecule has 0 radical (unpaired) electrons. The molecule has 0 N–H and O–H groups in total. The predicted molar refractivity (Wildman–Crippen MR) is 114 cm³/mol. The van der Waals surface area contributed by atoms with E-state index in [1.807, 2.05) is 41.0 Å². The quantitative estimate of drug-likeness (QED) is 0.659. The van der Waals surface area contributed by atoms with Crippen LogP contribution in [0.1, 0.15) is 44.1 Å². The lowest BCUT2D eigenvalue weighted by Gasteiger charge is -2.35. The standard InChI is InChI=1S/C23H35N3O3/c1-20-9-4-5-10-21(20)29-18-8-11-22(27)26-16-14-24(15-17-26)19-23(28)25-12-6-2-3-7-13-25/h4-5,9-10H,2-3,6-8,11-19H2,1H3. The Morgan fingerprint density at radius 3 is 2.21 bits per heavy atom. The average molecular weight is 402 g/mol. The second kappa shape index (κ2) is 11.2. The topological polar surface area (TPSA) is 53.1 Å². The van der Waals surface area contributed by atoms with E-state index in [0.717, 1.165) is 56.8 Å². The fourth-order valence-electron chi connectivity index (χ4n) is 4.05. The number of benzene rings is 1. The fraction of sp³-hybridized carbons (Fsp3) is 0.652. The van der Waals surface area contributed by atoms with Crippen molar-refractivity contribution in [3.8, 4) is 5.75 Å². The van der Waals surface area contributed by atoms with Crippen molar-refractivity contribution in [2.45, 2.75) is 45.4 Å². The van der Waals surface area contributed by atoms with Crippen molar-refractivity contribution in [2.75, 3.05) is 52.4 Å². The Morgan fingerprint density at radius 1 is 0.862 bits per heavy atom. The number of hydrogen-bond acceptors (Lipinski definition) is 4. The number of carbonyl (C=O) groups is 2. The van der Waals surface area contributed by atoms with Crippen LogP contribution in [0.5, 0.6) is 5.75 Å². The van der Waals surface area contributed by atoms with Gasteiger partial charge in [0.25, 0.3) is 0 Å². The molecule has 0 atom stereocenters. The summed E-state index contributed by atoms with van der Waals surface area (Å²) < 4.78 is 5.78. The van der Waals surface area contributed by atoms with E-state index >= 15 is 0 Å². The number of rotatable bonds is 7. The number of hydrogen-bond donors (Lipinski definition) is 0. The first-order chi connectivity index (χ1) is 14.1. The molecule has 1 aromatic carbocycles. The summed E-state index contributed by atoms with van der Waals surface area (Å²) >= 11 is 0.